The number of hydrogen-bond donors (Lipinski definition) is 1. The first-order valence-corrected chi connectivity index (χ1v) is 10.7. The Labute approximate surface area is 185 Å². The van der Waals surface area contributed by atoms with Crippen LogP contribution in [0, 0.1) is 5.41 Å². The van der Waals surface area contributed by atoms with E-state index in [1.54, 1.807) is 65.8 Å². The highest BCUT2D eigenvalue weighted by Gasteiger charge is 2.42. The van der Waals surface area contributed by atoms with Gasteiger partial charge in [0.15, 0.2) is 5.78 Å². The molecule has 0 bridgehead atoms. The second-order valence-corrected chi connectivity index (χ2v) is 10.8. The summed E-state index contributed by atoms with van der Waals surface area (Å²) in [6.07, 6.45) is 0.138. The number of hydrogen-bond acceptors (Lipinski definition) is 5. The van der Waals surface area contributed by atoms with E-state index in [9.17, 15) is 14.4 Å². The Morgan fingerprint density at radius 2 is 1.58 bits per heavy atom. The normalized spacial score (nSPS) is 18.8. The minimum absolute atomic E-state index is 0.105. The SMILES string of the molecule is CC1(C)CCN(C(=O)OC(C)(C)C)C(C(=O)c2ccccc2NC(=O)OC(C)(C)C)C1. The van der Waals surface area contributed by atoms with Crippen molar-refractivity contribution in [2.24, 2.45) is 5.41 Å². The van der Waals surface area contributed by atoms with Crippen LogP contribution in [-0.2, 0) is 9.47 Å². The quantitative estimate of drug-likeness (QED) is 0.625. The third-order valence-electron chi connectivity index (χ3n) is 4.91. The van der Waals surface area contributed by atoms with Crippen molar-refractivity contribution in [2.75, 3.05) is 11.9 Å². The predicted octanol–water partition coefficient (Wildman–Crippen LogP) is 5.64. The van der Waals surface area contributed by atoms with Gasteiger partial charge in [-0.2, -0.15) is 0 Å². The van der Waals surface area contributed by atoms with Gasteiger partial charge >= 0.3 is 12.2 Å². The fourth-order valence-electron chi connectivity index (χ4n) is 3.49. The maximum Gasteiger partial charge on any atom is 0.412 e. The van der Waals surface area contributed by atoms with Gasteiger partial charge in [-0.15, -0.1) is 0 Å². The second kappa shape index (κ2) is 8.89. The number of rotatable bonds is 3. The molecular weight excluding hydrogens is 396 g/mol. The van der Waals surface area contributed by atoms with Crippen LogP contribution in [-0.4, -0.2) is 46.7 Å². The van der Waals surface area contributed by atoms with Crippen LogP contribution in [0.5, 0.6) is 0 Å². The molecular formula is C24H36N2O5. The maximum atomic E-state index is 13.6. The molecule has 0 saturated carbocycles. The van der Waals surface area contributed by atoms with Gasteiger partial charge in [-0.3, -0.25) is 15.0 Å². The number of carbonyl (C=O) groups is 3. The van der Waals surface area contributed by atoms with Gasteiger partial charge in [-0.25, -0.2) is 9.59 Å². The van der Waals surface area contributed by atoms with E-state index in [1.807, 2.05) is 0 Å². The highest BCUT2D eigenvalue weighted by Crippen LogP contribution is 2.36. The largest absolute Gasteiger partial charge is 0.444 e. The van der Waals surface area contributed by atoms with Gasteiger partial charge in [0.1, 0.15) is 11.2 Å². The summed E-state index contributed by atoms with van der Waals surface area (Å²) in [5.74, 6) is -0.231. The van der Waals surface area contributed by atoms with Gasteiger partial charge in [-0.05, 0) is 71.9 Å². The number of nitrogens with zero attached hydrogens (tertiary/aromatic N) is 1. The molecule has 1 aliphatic rings. The van der Waals surface area contributed by atoms with Gasteiger partial charge in [0.2, 0.25) is 0 Å². The van der Waals surface area contributed by atoms with E-state index < -0.39 is 29.4 Å². The Kier molecular flexibility index (Phi) is 7.08. The molecule has 1 unspecified atom stereocenters. The van der Waals surface area contributed by atoms with Crippen molar-refractivity contribution < 1.29 is 23.9 Å². The van der Waals surface area contributed by atoms with Crippen LogP contribution in [0.1, 0.15) is 78.6 Å². The van der Waals surface area contributed by atoms with Crippen LogP contribution >= 0.6 is 0 Å². The molecule has 0 aromatic heterocycles. The van der Waals surface area contributed by atoms with Crippen LogP contribution in [0.15, 0.2) is 24.3 Å². The number of ketones is 1. The average molecular weight is 433 g/mol. The highest BCUT2D eigenvalue weighted by molar-refractivity contribution is 6.07. The standard InChI is InChI=1S/C24H36N2O5/c1-22(2,3)30-20(28)25-17-12-10-9-11-16(17)19(27)18-15-24(7,8)13-14-26(18)21(29)31-23(4,5)6/h9-12,18H,13-15H2,1-8H3,(H,25,28). The van der Waals surface area contributed by atoms with Gasteiger partial charge in [0.05, 0.1) is 11.7 Å². The van der Waals surface area contributed by atoms with Crippen molar-refractivity contribution in [3.63, 3.8) is 0 Å². The minimum Gasteiger partial charge on any atom is -0.444 e. The minimum atomic E-state index is -0.680. The Hall–Kier alpha value is -2.57. The molecule has 1 N–H and O–H groups in total. The van der Waals surface area contributed by atoms with Crippen molar-refractivity contribution in [2.45, 2.75) is 85.5 Å². The van der Waals surface area contributed by atoms with E-state index in [0.717, 1.165) is 6.42 Å². The van der Waals surface area contributed by atoms with Crippen LogP contribution in [0.3, 0.4) is 0 Å². The Morgan fingerprint density at radius 3 is 2.16 bits per heavy atom. The Morgan fingerprint density at radius 1 is 1.00 bits per heavy atom. The number of carbonyl (C=O) groups excluding carboxylic acids is 3. The lowest BCUT2D eigenvalue weighted by molar-refractivity contribution is -0.00129. The van der Waals surface area contributed by atoms with Crippen molar-refractivity contribution in [3.05, 3.63) is 29.8 Å². The van der Waals surface area contributed by atoms with E-state index in [-0.39, 0.29) is 11.2 Å². The van der Waals surface area contributed by atoms with Gasteiger partial charge < -0.3 is 9.47 Å². The zero-order chi connectivity index (χ0) is 23.6. The molecule has 1 aliphatic heterocycles. The van der Waals surface area contributed by atoms with Crippen LogP contribution < -0.4 is 5.32 Å². The zero-order valence-corrected chi connectivity index (χ0v) is 20.0. The molecule has 7 heteroatoms. The maximum absolute atomic E-state index is 13.6. The summed E-state index contributed by atoms with van der Waals surface area (Å²) >= 11 is 0. The third-order valence-corrected chi connectivity index (χ3v) is 4.91. The molecule has 1 aromatic carbocycles. The number of para-hydroxylation sites is 1. The zero-order valence-electron chi connectivity index (χ0n) is 20.0. The van der Waals surface area contributed by atoms with E-state index >= 15 is 0 Å². The van der Waals surface area contributed by atoms with Crippen LogP contribution in [0.2, 0.25) is 0 Å². The first kappa shape index (κ1) is 24.7. The molecule has 0 spiro atoms. The number of ether oxygens (including phenoxy) is 2. The molecule has 172 valence electrons. The van der Waals surface area contributed by atoms with Gasteiger partial charge in [0, 0.05) is 12.1 Å². The van der Waals surface area contributed by atoms with Crippen molar-refractivity contribution in [3.8, 4) is 0 Å². The molecule has 0 aliphatic carbocycles. The number of benzene rings is 1. The average Bonchev–Trinajstić information content (AvgIpc) is 2.57. The smallest absolute Gasteiger partial charge is 0.412 e. The van der Waals surface area contributed by atoms with Gasteiger partial charge in [0.25, 0.3) is 0 Å². The van der Waals surface area contributed by atoms with E-state index in [1.165, 1.54) is 4.90 Å². The Balaban J connectivity index is 2.33. The number of nitrogens with one attached hydrogen (secondary N) is 1. The molecule has 2 amide bonds. The lowest BCUT2D eigenvalue weighted by atomic mass is 9.77. The number of amides is 2. The molecule has 1 atom stereocenters. The topological polar surface area (TPSA) is 84.9 Å². The number of piperidine rings is 1. The number of anilines is 1. The first-order chi connectivity index (χ1) is 14.1. The fourth-order valence-corrected chi connectivity index (χ4v) is 3.49. The second-order valence-electron chi connectivity index (χ2n) is 10.8. The van der Waals surface area contributed by atoms with Crippen molar-refractivity contribution in [1.82, 2.24) is 4.90 Å². The summed E-state index contributed by atoms with van der Waals surface area (Å²) in [5.41, 5.74) is -0.733. The van der Waals surface area contributed by atoms with E-state index in [0.29, 0.717) is 24.2 Å². The van der Waals surface area contributed by atoms with Crippen LogP contribution in [0.25, 0.3) is 0 Å². The van der Waals surface area contributed by atoms with Gasteiger partial charge in [-0.1, -0.05) is 26.0 Å². The summed E-state index contributed by atoms with van der Waals surface area (Å²) < 4.78 is 10.9. The summed E-state index contributed by atoms with van der Waals surface area (Å²) in [4.78, 5) is 40.3. The molecule has 2 rings (SSSR count). The molecule has 1 saturated heterocycles. The monoisotopic (exact) mass is 432 g/mol. The molecule has 1 heterocycles. The molecule has 1 aromatic rings. The lowest BCUT2D eigenvalue weighted by Crippen LogP contribution is -2.53. The molecule has 0 radical (unpaired) electrons. The molecule has 7 nitrogen and oxygen atoms in total. The first-order valence-electron chi connectivity index (χ1n) is 10.7. The molecule has 1 fully saturated rings. The van der Waals surface area contributed by atoms with Crippen molar-refractivity contribution >= 4 is 23.7 Å². The predicted molar refractivity (Wildman–Crippen MR) is 120 cm³/mol. The van der Waals surface area contributed by atoms with E-state index in [4.69, 9.17) is 9.47 Å². The van der Waals surface area contributed by atoms with Crippen LogP contribution in [0.4, 0.5) is 15.3 Å². The number of likely N-dealkylation sites (tertiary alicyclic amines) is 1. The summed E-state index contributed by atoms with van der Waals surface area (Å²) in [5, 5.41) is 2.67. The summed E-state index contributed by atoms with van der Waals surface area (Å²) in [6.45, 7) is 15.3. The molecule has 31 heavy (non-hydrogen) atoms. The highest BCUT2D eigenvalue weighted by atomic mass is 16.6. The lowest BCUT2D eigenvalue weighted by Gasteiger charge is -2.42. The van der Waals surface area contributed by atoms with E-state index in [2.05, 4.69) is 19.2 Å². The fraction of sp³-hybridized carbons (Fsp3) is 0.625. The third kappa shape index (κ3) is 7.26. The van der Waals surface area contributed by atoms with Crippen molar-refractivity contribution in [1.29, 1.82) is 0 Å². The Bertz CT molecular complexity index is 833. The summed E-state index contributed by atoms with van der Waals surface area (Å²) in [6, 6.07) is 6.10. The summed E-state index contributed by atoms with van der Waals surface area (Å²) in [7, 11) is 0. The number of Topliss-reactive ketones (excluding diaryl/α,β-unsaturated/α-hetero) is 1.